The molecule has 1 aromatic rings. The number of nitrogens with two attached hydrogens (primary N) is 1. The van der Waals surface area contributed by atoms with E-state index in [2.05, 4.69) is 11.2 Å². The molecule has 0 fully saturated rings. The smallest absolute Gasteiger partial charge is 0.329 e. The highest BCUT2D eigenvalue weighted by molar-refractivity contribution is 8.00. The molecule has 0 radical (unpaired) electrons. The first kappa shape index (κ1) is 14.9. The lowest BCUT2D eigenvalue weighted by molar-refractivity contribution is -0.0328. The molecular formula is C12H13F3N2S. The third-order valence-electron chi connectivity index (χ3n) is 2.20. The third kappa shape index (κ3) is 5.00. The van der Waals surface area contributed by atoms with Crippen LogP contribution in [0.4, 0.5) is 13.2 Å². The maximum absolute atomic E-state index is 12.1. The number of alkyl halides is 3. The van der Waals surface area contributed by atoms with Gasteiger partial charge in [0, 0.05) is 17.5 Å². The number of thioether (sulfide) groups is 1. The molecule has 1 atom stereocenters. The minimum Gasteiger partial charge on any atom is -0.329 e. The Bertz CT molecular complexity index is 409. The van der Waals surface area contributed by atoms with E-state index in [1.165, 1.54) is 12.1 Å². The number of hydrogen-bond acceptors (Lipinski definition) is 3. The molecule has 0 saturated heterocycles. The van der Waals surface area contributed by atoms with Crippen molar-refractivity contribution in [1.29, 1.82) is 0 Å². The highest BCUT2D eigenvalue weighted by Crippen LogP contribution is 2.36. The van der Waals surface area contributed by atoms with Gasteiger partial charge in [0.05, 0.1) is 6.54 Å². The number of halogens is 3. The van der Waals surface area contributed by atoms with E-state index < -0.39 is 5.51 Å². The normalized spacial score (nSPS) is 13.1. The molecular weight excluding hydrogens is 261 g/mol. The molecule has 1 unspecified atom stereocenters. The molecule has 0 aliphatic heterocycles. The first-order valence-electron chi connectivity index (χ1n) is 5.19. The van der Waals surface area contributed by atoms with Gasteiger partial charge in [-0.3, -0.25) is 5.32 Å². The van der Waals surface area contributed by atoms with Gasteiger partial charge in [-0.25, -0.2) is 0 Å². The summed E-state index contributed by atoms with van der Waals surface area (Å²) < 4.78 is 36.4. The van der Waals surface area contributed by atoms with E-state index in [0.717, 1.165) is 5.56 Å². The van der Waals surface area contributed by atoms with Crippen molar-refractivity contribution in [3.63, 3.8) is 0 Å². The van der Waals surface area contributed by atoms with Gasteiger partial charge >= 0.3 is 5.51 Å². The van der Waals surface area contributed by atoms with Gasteiger partial charge in [0.2, 0.25) is 0 Å². The number of hydrogen-bond donors (Lipinski definition) is 2. The van der Waals surface area contributed by atoms with Crippen molar-refractivity contribution in [3.8, 4) is 12.3 Å². The summed E-state index contributed by atoms with van der Waals surface area (Å²) in [6.45, 7) is 0.689. The van der Waals surface area contributed by atoms with Gasteiger partial charge in [-0.1, -0.05) is 18.1 Å². The summed E-state index contributed by atoms with van der Waals surface area (Å²) in [5.41, 5.74) is 2.12. The molecule has 3 N–H and O–H groups in total. The van der Waals surface area contributed by atoms with Crippen molar-refractivity contribution in [3.05, 3.63) is 29.8 Å². The number of benzene rings is 1. The Labute approximate surface area is 108 Å². The fourth-order valence-corrected chi connectivity index (χ4v) is 1.96. The van der Waals surface area contributed by atoms with Crippen LogP contribution in [0.5, 0.6) is 0 Å². The molecule has 0 aromatic heterocycles. The summed E-state index contributed by atoms with van der Waals surface area (Å²) in [4.78, 5) is 0.152. The minimum absolute atomic E-state index is 0.137. The topological polar surface area (TPSA) is 38.0 Å². The lowest BCUT2D eigenvalue weighted by atomic mass is 10.1. The monoisotopic (exact) mass is 274 g/mol. The average Bonchev–Trinajstić information content (AvgIpc) is 2.30. The van der Waals surface area contributed by atoms with E-state index in [0.29, 0.717) is 13.1 Å². The fourth-order valence-electron chi connectivity index (χ4n) is 1.42. The first-order valence-corrected chi connectivity index (χ1v) is 6.00. The minimum atomic E-state index is -4.27. The zero-order valence-electron chi connectivity index (χ0n) is 9.50. The number of rotatable bonds is 5. The standard InChI is InChI=1S/C12H13F3N2S/c1-2-7-17-11(8-16)9-3-5-10(6-4-9)18-12(13,14)15/h1,3-6,11,17H,7-8,16H2. The molecule has 1 aromatic carbocycles. The zero-order valence-corrected chi connectivity index (χ0v) is 10.3. The van der Waals surface area contributed by atoms with Gasteiger partial charge in [0.25, 0.3) is 0 Å². The second-order valence-electron chi connectivity index (χ2n) is 3.49. The summed E-state index contributed by atoms with van der Waals surface area (Å²) in [5.74, 6) is 2.43. The van der Waals surface area contributed by atoms with Gasteiger partial charge in [0.1, 0.15) is 0 Å². The second-order valence-corrected chi connectivity index (χ2v) is 4.63. The molecule has 0 saturated carbocycles. The van der Waals surface area contributed by atoms with Crippen LogP contribution in [0.1, 0.15) is 11.6 Å². The van der Waals surface area contributed by atoms with Gasteiger partial charge in [-0.05, 0) is 29.5 Å². The maximum atomic E-state index is 12.1. The highest BCUT2D eigenvalue weighted by Gasteiger charge is 2.29. The van der Waals surface area contributed by atoms with Crippen LogP contribution in [0.15, 0.2) is 29.2 Å². The van der Waals surface area contributed by atoms with E-state index >= 15 is 0 Å². The van der Waals surface area contributed by atoms with Crippen molar-refractivity contribution >= 4 is 11.8 Å². The predicted octanol–water partition coefficient (Wildman–Crippen LogP) is 2.52. The Morgan fingerprint density at radius 1 is 1.33 bits per heavy atom. The van der Waals surface area contributed by atoms with Gasteiger partial charge in [-0.15, -0.1) is 6.42 Å². The second kappa shape index (κ2) is 6.69. The molecule has 18 heavy (non-hydrogen) atoms. The van der Waals surface area contributed by atoms with E-state index in [-0.39, 0.29) is 22.7 Å². The van der Waals surface area contributed by atoms with Crippen molar-refractivity contribution in [2.75, 3.05) is 13.1 Å². The molecule has 0 aliphatic rings. The van der Waals surface area contributed by atoms with Crippen molar-refractivity contribution in [2.24, 2.45) is 5.73 Å². The van der Waals surface area contributed by atoms with Crippen LogP contribution in [0.25, 0.3) is 0 Å². The van der Waals surface area contributed by atoms with E-state index in [9.17, 15) is 13.2 Å². The summed E-state index contributed by atoms with van der Waals surface area (Å²) in [6, 6.07) is 5.94. The summed E-state index contributed by atoms with van der Waals surface area (Å²) >= 11 is -0.137. The van der Waals surface area contributed by atoms with E-state index in [4.69, 9.17) is 12.2 Å². The fraction of sp³-hybridized carbons (Fsp3) is 0.333. The predicted molar refractivity (Wildman–Crippen MR) is 67.0 cm³/mol. The van der Waals surface area contributed by atoms with Crippen LogP contribution in [-0.2, 0) is 0 Å². The van der Waals surface area contributed by atoms with Crippen molar-refractivity contribution in [2.45, 2.75) is 16.4 Å². The average molecular weight is 274 g/mol. The summed E-state index contributed by atoms with van der Waals surface area (Å²) in [5, 5.41) is 3.01. The first-order chi connectivity index (χ1) is 8.46. The Morgan fingerprint density at radius 3 is 2.39 bits per heavy atom. The number of nitrogens with one attached hydrogen (secondary N) is 1. The van der Waals surface area contributed by atoms with Crippen LogP contribution in [0, 0.1) is 12.3 Å². The molecule has 6 heteroatoms. The molecule has 98 valence electrons. The van der Waals surface area contributed by atoms with Crippen LogP contribution in [0.3, 0.4) is 0 Å². The van der Waals surface area contributed by atoms with E-state index in [1.807, 2.05) is 0 Å². The molecule has 0 bridgehead atoms. The van der Waals surface area contributed by atoms with Crippen LogP contribution in [-0.4, -0.2) is 18.6 Å². The molecule has 1 rings (SSSR count). The Kier molecular flexibility index (Phi) is 5.54. The maximum Gasteiger partial charge on any atom is 0.446 e. The van der Waals surface area contributed by atoms with Gasteiger partial charge in [0.15, 0.2) is 0 Å². The van der Waals surface area contributed by atoms with E-state index in [1.54, 1.807) is 12.1 Å². The SMILES string of the molecule is C#CCNC(CN)c1ccc(SC(F)(F)F)cc1. The molecule has 0 spiro atoms. The Morgan fingerprint density at radius 2 is 1.94 bits per heavy atom. The van der Waals surface area contributed by atoms with Crippen molar-refractivity contribution < 1.29 is 13.2 Å². The molecule has 2 nitrogen and oxygen atoms in total. The zero-order chi connectivity index (χ0) is 13.6. The van der Waals surface area contributed by atoms with Crippen LogP contribution in [0.2, 0.25) is 0 Å². The lowest BCUT2D eigenvalue weighted by Gasteiger charge is -2.16. The molecule has 0 aliphatic carbocycles. The van der Waals surface area contributed by atoms with Crippen LogP contribution < -0.4 is 11.1 Å². The van der Waals surface area contributed by atoms with Crippen LogP contribution >= 0.6 is 11.8 Å². The van der Waals surface area contributed by atoms with Gasteiger partial charge in [-0.2, -0.15) is 13.2 Å². The van der Waals surface area contributed by atoms with Crippen molar-refractivity contribution in [1.82, 2.24) is 5.32 Å². The summed E-state index contributed by atoms with van der Waals surface area (Å²) in [6.07, 6.45) is 5.12. The third-order valence-corrected chi connectivity index (χ3v) is 2.94. The number of terminal acetylenes is 1. The highest BCUT2D eigenvalue weighted by atomic mass is 32.2. The largest absolute Gasteiger partial charge is 0.446 e. The molecule has 0 amide bonds. The Hall–Kier alpha value is -1.16. The lowest BCUT2D eigenvalue weighted by Crippen LogP contribution is -2.28. The molecule has 0 heterocycles. The Balaban J connectivity index is 2.72. The van der Waals surface area contributed by atoms with Gasteiger partial charge < -0.3 is 5.73 Å². The summed E-state index contributed by atoms with van der Waals surface area (Å²) in [7, 11) is 0. The quantitative estimate of drug-likeness (QED) is 0.640.